The molecule has 0 fully saturated rings. The summed E-state index contributed by atoms with van der Waals surface area (Å²) in [6.45, 7) is 5.01. The first kappa shape index (κ1) is 22.6. The van der Waals surface area contributed by atoms with Crippen LogP contribution in [-0.2, 0) is 6.42 Å². The summed E-state index contributed by atoms with van der Waals surface area (Å²) >= 11 is 0. The van der Waals surface area contributed by atoms with E-state index in [4.69, 9.17) is 4.74 Å². The zero-order valence-corrected chi connectivity index (χ0v) is 18.6. The van der Waals surface area contributed by atoms with E-state index < -0.39 is 0 Å². The van der Waals surface area contributed by atoms with Crippen molar-refractivity contribution >= 4 is 0 Å². The Morgan fingerprint density at radius 2 is 1.45 bits per heavy atom. The number of hydrogen-bond donors (Lipinski definition) is 0. The van der Waals surface area contributed by atoms with Crippen molar-refractivity contribution in [3.8, 4) is 28.7 Å². The molecule has 0 saturated carbocycles. The molecule has 3 aromatic rings. The molecule has 2 heteroatoms. The minimum absolute atomic E-state index is 0.245. The quantitative estimate of drug-likeness (QED) is 0.256. The van der Waals surface area contributed by atoms with Crippen LogP contribution in [0.1, 0.15) is 62.6 Å². The van der Waals surface area contributed by atoms with Crippen molar-refractivity contribution in [2.45, 2.75) is 52.4 Å². The van der Waals surface area contributed by atoms with Crippen molar-refractivity contribution in [1.82, 2.24) is 0 Å². The molecule has 0 aromatic heterocycles. The minimum Gasteiger partial charge on any atom is -0.494 e. The Morgan fingerprint density at radius 3 is 2.13 bits per heavy atom. The zero-order chi connectivity index (χ0) is 21.9. The number of unbranched alkanes of at least 4 members (excludes halogenated alkanes) is 3. The van der Waals surface area contributed by atoms with Crippen LogP contribution in [0, 0.1) is 17.7 Å². The van der Waals surface area contributed by atoms with Crippen LogP contribution in [0.4, 0.5) is 4.39 Å². The molecule has 31 heavy (non-hydrogen) atoms. The minimum atomic E-state index is -0.245. The molecular weight excluding hydrogens is 383 g/mol. The van der Waals surface area contributed by atoms with Crippen molar-refractivity contribution < 1.29 is 9.13 Å². The summed E-state index contributed by atoms with van der Waals surface area (Å²) in [6.07, 6.45) is 7.08. The van der Waals surface area contributed by atoms with Gasteiger partial charge in [-0.25, -0.2) is 4.39 Å². The number of hydrogen-bond acceptors (Lipinski definition) is 1. The topological polar surface area (TPSA) is 9.23 Å². The lowest BCUT2D eigenvalue weighted by atomic mass is 9.99. The van der Waals surface area contributed by atoms with E-state index in [1.807, 2.05) is 48.5 Å². The molecule has 0 radical (unpaired) electrons. The number of ether oxygens (including phenoxy) is 1. The molecule has 1 nitrogen and oxygen atoms in total. The second-order valence-corrected chi connectivity index (χ2v) is 7.83. The van der Waals surface area contributed by atoms with Crippen LogP contribution in [0.15, 0.2) is 66.7 Å². The van der Waals surface area contributed by atoms with Gasteiger partial charge in [-0.05, 0) is 66.8 Å². The van der Waals surface area contributed by atoms with Crippen molar-refractivity contribution in [1.29, 1.82) is 0 Å². The van der Waals surface area contributed by atoms with Gasteiger partial charge in [-0.2, -0.15) is 0 Å². The third-order valence-electron chi connectivity index (χ3n) is 5.23. The lowest BCUT2D eigenvalue weighted by molar-refractivity contribution is 0.317. The third kappa shape index (κ3) is 7.00. The highest BCUT2D eigenvalue weighted by molar-refractivity contribution is 5.65. The number of benzene rings is 3. The van der Waals surface area contributed by atoms with Crippen molar-refractivity contribution in [2.24, 2.45) is 0 Å². The molecule has 0 N–H and O–H groups in total. The predicted molar refractivity (Wildman–Crippen MR) is 128 cm³/mol. The first-order chi connectivity index (χ1) is 15.2. The molecule has 0 aliphatic heterocycles. The summed E-state index contributed by atoms with van der Waals surface area (Å²) in [7, 11) is 0. The van der Waals surface area contributed by atoms with Crippen LogP contribution < -0.4 is 4.74 Å². The van der Waals surface area contributed by atoms with Gasteiger partial charge in [-0.3, -0.25) is 0 Å². The summed E-state index contributed by atoms with van der Waals surface area (Å²) in [4.78, 5) is 0. The van der Waals surface area contributed by atoms with Gasteiger partial charge in [0.15, 0.2) is 0 Å². The van der Waals surface area contributed by atoms with Gasteiger partial charge in [0.25, 0.3) is 0 Å². The molecule has 0 bridgehead atoms. The summed E-state index contributed by atoms with van der Waals surface area (Å²) in [5, 5.41) is 0. The number of aryl methyl sites for hydroxylation is 1. The van der Waals surface area contributed by atoms with Crippen LogP contribution >= 0.6 is 0 Å². The maximum atomic E-state index is 14.7. The van der Waals surface area contributed by atoms with E-state index in [0.29, 0.717) is 17.7 Å². The van der Waals surface area contributed by atoms with Crippen molar-refractivity contribution in [2.75, 3.05) is 6.61 Å². The van der Waals surface area contributed by atoms with Crippen molar-refractivity contribution in [3.63, 3.8) is 0 Å². The fraction of sp³-hybridized carbons (Fsp3) is 0.310. The highest BCUT2D eigenvalue weighted by Crippen LogP contribution is 2.24. The van der Waals surface area contributed by atoms with Crippen LogP contribution in [0.3, 0.4) is 0 Å². The first-order valence-electron chi connectivity index (χ1n) is 11.3. The fourth-order valence-corrected chi connectivity index (χ4v) is 3.43. The van der Waals surface area contributed by atoms with Gasteiger partial charge in [0, 0.05) is 16.7 Å². The molecule has 3 rings (SSSR count). The van der Waals surface area contributed by atoms with Gasteiger partial charge in [-0.15, -0.1) is 0 Å². The third-order valence-corrected chi connectivity index (χ3v) is 5.23. The predicted octanol–water partition coefficient (Wildman–Crippen LogP) is 7.80. The molecule has 0 heterocycles. The summed E-state index contributed by atoms with van der Waals surface area (Å²) in [5.74, 6) is 6.75. The smallest absolute Gasteiger partial charge is 0.132 e. The van der Waals surface area contributed by atoms with Crippen LogP contribution in [0.5, 0.6) is 5.75 Å². The molecule has 0 saturated heterocycles. The largest absolute Gasteiger partial charge is 0.494 e. The van der Waals surface area contributed by atoms with Gasteiger partial charge in [-0.1, -0.05) is 75.3 Å². The second kappa shape index (κ2) is 12.0. The molecule has 0 atom stereocenters. The molecule has 0 aliphatic rings. The monoisotopic (exact) mass is 414 g/mol. The average molecular weight is 415 g/mol. The lowest BCUT2D eigenvalue weighted by Gasteiger charge is -2.06. The van der Waals surface area contributed by atoms with E-state index >= 15 is 0 Å². The highest BCUT2D eigenvalue weighted by atomic mass is 19.1. The molecule has 0 unspecified atom stereocenters. The standard InChI is InChI=1S/C29H31FO/c1-3-5-6-7-8-23-11-16-26(17-12-23)28-20-15-25(22-29(28)30)10-9-24-13-18-27(19-14-24)31-21-4-2/h11-20,22H,3-8,21H2,1-2H3. The Kier molecular flexibility index (Phi) is 8.73. The van der Waals surface area contributed by atoms with Gasteiger partial charge >= 0.3 is 0 Å². The second-order valence-electron chi connectivity index (χ2n) is 7.83. The molecule has 0 amide bonds. The van der Waals surface area contributed by atoms with E-state index in [-0.39, 0.29) is 5.82 Å². The highest BCUT2D eigenvalue weighted by Gasteiger charge is 2.06. The van der Waals surface area contributed by atoms with Gasteiger partial charge in [0.05, 0.1) is 6.61 Å². The van der Waals surface area contributed by atoms with E-state index in [1.165, 1.54) is 37.3 Å². The summed E-state index contributed by atoms with van der Waals surface area (Å²) in [5.41, 5.74) is 4.37. The van der Waals surface area contributed by atoms with E-state index in [0.717, 1.165) is 29.7 Å². The number of rotatable bonds is 9. The average Bonchev–Trinajstić information content (AvgIpc) is 2.80. The van der Waals surface area contributed by atoms with Crippen LogP contribution in [-0.4, -0.2) is 6.61 Å². The molecular formula is C29H31FO. The summed E-state index contributed by atoms with van der Waals surface area (Å²) < 4.78 is 20.3. The van der Waals surface area contributed by atoms with Crippen molar-refractivity contribution in [3.05, 3.63) is 89.2 Å². The van der Waals surface area contributed by atoms with E-state index in [9.17, 15) is 4.39 Å². The van der Waals surface area contributed by atoms with E-state index in [2.05, 4.69) is 37.8 Å². The Labute approximate surface area is 186 Å². The molecule has 0 spiro atoms. The fourth-order valence-electron chi connectivity index (χ4n) is 3.43. The molecule has 160 valence electrons. The van der Waals surface area contributed by atoms with Gasteiger partial charge in [0.2, 0.25) is 0 Å². The Hall–Kier alpha value is -3.05. The summed E-state index contributed by atoms with van der Waals surface area (Å²) in [6, 6.07) is 21.1. The maximum Gasteiger partial charge on any atom is 0.132 e. The SMILES string of the molecule is CCCCCCc1ccc(-c2ccc(C#Cc3ccc(OCCC)cc3)cc2F)cc1. The maximum absolute atomic E-state index is 14.7. The zero-order valence-electron chi connectivity index (χ0n) is 18.6. The Morgan fingerprint density at radius 1 is 0.742 bits per heavy atom. The normalized spacial score (nSPS) is 10.4. The molecule has 0 aliphatic carbocycles. The Balaban J connectivity index is 1.64. The van der Waals surface area contributed by atoms with Crippen LogP contribution in [0.25, 0.3) is 11.1 Å². The lowest BCUT2D eigenvalue weighted by Crippen LogP contribution is -1.94. The van der Waals surface area contributed by atoms with Gasteiger partial charge in [0.1, 0.15) is 11.6 Å². The van der Waals surface area contributed by atoms with Crippen LogP contribution in [0.2, 0.25) is 0 Å². The number of halogens is 1. The van der Waals surface area contributed by atoms with Gasteiger partial charge < -0.3 is 4.74 Å². The Bertz CT molecular complexity index is 1010. The molecule has 3 aromatic carbocycles. The van der Waals surface area contributed by atoms with E-state index in [1.54, 1.807) is 0 Å². The first-order valence-corrected chi connectivity index (χ1v) is 11.3.